The van der Waals surface area contributed by atoms with Crippen LogP contribution < -0.4 is 14.7 Å². The van der Waals surface area contributed by atoms with Gasteiger partial charge in [-0.1, -0.05) is 175 Å². The molecule has 0 saturated carbocycles. The standard InChI is InChI=1S/C75H65N3/c1-50-23-34-68(35-24-50)78-71-22-16-15-21-69(71)75(70-47-51(2)25-44-72(70)78,62-30-40-66(41-31-62)76(73-48-52(3)45-54(5)56(73)7)64-36-26-60(27-37-64)58-17-11-9-12-18-58)63-32-42-67(43-33-63)77(74-49-53(4)46-55(6)57(74)8)65-38-28-61(29-39-65)59-19-13-10-14-20-59/h9-49H,1-8H3. The van der Waals surface area contributed by atoms with Crippen LogP contribution in [0.2, 0.25) is 0 Å². The van der Waals surface area contributed by atoms with Gasteiger partial charge in [0, 0.05) is 39.8 Å². The number of fused-ring (bicyclic) bond motifs is 2. The molecule has 12 rings (SSSR count). The van der Waals surface area contributed by atoms with Crippen molar-refractivity contribution in [2.75, 3.05) is 14.7 Å². The number of hydrogen-bond acceptors (Lipinski definition) is 3. The van der Waals surface area contributed by atoms with Gasteiger partial charge in [-0.3, -0.25) is 0 Å². The fourth-order valence-electron chi connectivity index (χ4n) is 12.1. The zero-order valence-corrected chi connectivity index (χ0v) is 46.0. The highest BCUT2D eigenvalue weighted by atomic mass is 15.2. The number of benzene rings is 11. The maximum atomic E-state index is 2.47. The van der Waals surface area contributed by atoms with Crippen LogP contribution in [0, 0.1) is 55.4 Å². The third-order valence-corrected chi connectivity index (χ3v) is 16.3. The van der Waals surface area contributed by atoms with Crippen LogP contribution in [-0.2, 0) is 5.41 Å². The topological polar surface area (TPSA) is 9.72 Å². The van der Waals surface area contributed by atoms with Crippen molar-refractivity contribution in [1.29, 1.82) is 0 Å². The maximum absolute atomic E-state index is 2.47. The number of aryl methyl sites for hydroxylation is 6. The number of anilines is 9. The highest BCUT2D eigenvalue weighted by molar-refractivity contribution is 5.91. The second-order valence-electron chi connectivity index (χ2n) is 21.5. The van der Waals surface area contributed by atoms with E-state index in [9.17, 15) is 0 Å². The van der Waals surface area contributed by atoms with Gasteiger partial charge in [0.25, 0.3) is 0 Å². The molecule has 1 aliphatic heterocycles. The molecule has 3 heteroatoms. The van der Waals surface area contributed by atoms with Crippen LogP contribution in [0.25, 0.3) is 22.3 Å². The minimum Gasteiger partial charge on any atom is -0.310 e. The zero-order valence-electron chi connectivity index (χ0n) is 46.0. The highest BCUT2D eigenvalue weighted by Gasteiger charge is 2.47. The summed E-state index contributed by atoms with van der Waals surface area (Å²) in [6.07, 6.45) is 0. The lowest BCUT2D eigenvalue weighted by Gasteiger charge is -2.47. The molecule has 0 aromatic heterocycles. The van der Waals surface area contributed by atoms with Crippen LogP contribution in [0.1, 0.15) is 66.8 Å². The fraction of sp³-hybridized carbons (Fsp3) is 0.120. The van der Waals surface area contributed by atoms with E-state index in [2.05, 4.69) is 319 Å². The van der Waals surface area contributed by atoms with Gasteiger partial charge in [0.15, 0.2) is 0 Å². The van der Waals surface area contributed by atoms with Crippen molar-refractivity contribution >= 4 is 51.2 Å². The predicted octanol–water partition coefficient (Wildman–Crippen LogP) is 20.6. The van der Waals surface area contributed by atoms with Gasteiger partial charge in [0.05, 0.1) is 16.8 Å². The lowest BCUT2D eigenvalue weighted by molar-refractivity contribution is 0.730. The summed E-state index contributed by atoms with van der Waals surface area (Å²) in [5, 5.41) is 0. The summed E-state index contributed by atoms with van der Waals surface area (Å²) in [7, 11) is 0. The van der Waals surface area contributed by atoms with E-state index in [1.165, 1.54) is 100 Å². The molecule has 1 heterocycles. The summed E-state index contributed by atoms with van der Waals surface area (Å²) >= 11 is 0. The van der Waals surface area contributed by atoms with Crippen LogP contribution in [-0.4, -0.2) is 0 Å². The van der Waals surface area contributed by atoms with E-state index in [4.69, 9.17) is 0 Å². The quantitative estimate of drug-likeness (QED) is 0.128. The van der Waals surface area contributed by atoms with Crippen LogP contribution in [0.5, 0.6) is 0 Å². The Labute approximate surface area is 462 Å². The third-order valence-electron chi connectivity index (χ3n) is 16.3. The van der Waals surface area contributed by atoms with Crippen LogP contribution >= 0.6 is 0 Å². The molecule has 3 nitrogen and oxygen atoms in total. The zero-order chi connectivity index (χ0) is 53.7. The summed E-state index contributed by atoms with van der Waals surface area (Å²) < 4.78 is 0. The lowest BCUT2D eigenvalue weighted by Crippen LogP contribution is -2.38. The van der Waals surface area contributed by atoms with E-state index in [1.807, 2.05) is 0 Å². The molecule has 0 N–H and O–H groups in total. The first kappa shape index (κ1) is 49.7. The summed E-state index contributed by atoms with van der Waals surface area (Å²) in [4.78, 5) is 7.35. The van der Waals surface area contributed by atoms with Gasteiger partial charge in [0.1, 0.15) is 0 Å². The van der Waals surface area contributed by atoms with E-state index >= 15 is 0 Å². The number of hydrogen-bond donors (Lipinski definition) is 0. The SMILES string of the molecule is Cc1ccc(N2c3ccccc3C(c3ccc(N(c4ccc(-c5ccccc5)cc4)c4cc(C)cc(C)c4C)cc3)(c3ccc(N(c4ccc(-c5ccccc5)cc4)c4cc(C)cc(C)c4C)cc3)c3cc(C)ccc32)cc1. The van der Waals surface area contributed by atoms with Crippen molar-refractivity contribution in [3.8, 4) is 22.3 Å². The second-order valence-corrected chi connectivity index (χ2v) is 21.5. The molecule has 380 valence electrons. The van der Waals surface area contributed by atoms with Gasteiger partial charge in [-0.2, -0.15) is 0 Å². The first-order valence-electron chi connectivity index (χ1n) is 27.3. The van der Waals surface area contributed by atoms with Gasteiger partial charge in [-0.05, 0) is 218 Å². The molecule has 0 radical (unpaired) electrons. The monoisotopic (exact) mass is 1010 g/mol. The van der Waals surface area contributed by atoms with E-state index in [1.54, 1.807) is 0 Å². The Balaban J connectivity index is 1.07. The molecule has 0 fully saturated rings. The first-order chi connectivity index (χ1) is 38.0. The van der Waals surface area contributed by atoms with Gasteiger partial charge < -0.3 is 14.7 Å². The Hall–Kier alpha value is -9.18. The van der Waals surface area contributed by atoms with E-state index < -0.39 is 5.41 Å². The number of rotatable bonds is 11. The molecule has 78 heavy (non-hydrogen) atoms. The molecule has 0 unspecified atom stereocenters. The summed E-state index contributed by atoms with van der Waals surface area (Å²) in [6.45, 7) is 17.8. The number of para-hydroxylation sites is 1. The van der Waals surface area contributed by atoms with Crippen LogP contribution in [0.4, 0.5) is 51.2 Å². The normalized spacial score (nSPS) is 12.4. The van der Waals surface area contributed by atoms with Crippen molar-refractivity contribution < 1.29 is 0 Å². The van der Waals surface area contributed by atoms with Crippen molar-refractivity contribution in [2.24, 2.45) is 0 Å². The fourth-order valence-corrected chi connectivity index (χ4v) is 12.1. The molecular weight excluding hydrogens is 943 g/mol. The van der Waals surface area contributed by atoms with E-state index in [0.29, 0.717) is 0 Å². The molecule has 1 aliphatic rings. The van der Waals surface area contributed by atoms with Crippen molar-refractivity contribution in [3.05, 3.63) is 315 Å². The lowest BCUT2D eigenvalue weighted by atomic mass is 9.62. The average Bonchev–Trinajstić information content (AvgIpc) is 3.36. The molecule has 11 aromatic carbocycles. The predicted molar refractivity (Wildman–Crippen MR) is 331 cm³/mol. The van der Waals surface area contributed by atoms with Crippen molar-refractivity contribution in [2.45, 2.75) is 60.8 Å². The average molecular weight is 1010 g/mol. The summed E-state index contributed by atoms with van der Waals surface area (Å²) in [5.41, 5.74) is 29.1. The van der Waals surface area contributed by atoms with E-state index in [-0.39, 0.29) is 0 Å². The van der Waals surface area contributed by atoms with Crippen molar-refractivity contribution in [1.82, 2.24) is 0 Å². The van der Waals surface area contributed by atoms with Crippen LogP contribution in [0.15, 0.2) is 249 Å². The minimum atomic E-state index is -0.730. The molecule has 0 saturated heterocycles. The summed E-state index contributed by atoms with van der Waals surface area (Å²) in [6, 6.07) is 92.7. The second kappa shape index (κ2) is 20.4. The number of nitrogens with zero attached hydrogens (tertiary/aromatic N) is 3. The minimum absolute atomic E-state index is 0.730. The van der Waals surface area contributed by atoms with Gasteiger partial charge in [-0.15, -0.1) is 0 Å². The van der Waals surface area contributed by atoms with Crippen molar-refractivity contribution in [3.63, 3.8) is 0 Å². The Morgan fingerprint density at radius 1 is 0.295 bits per heavy atom. The van der Waals surface area contributed by atoms with Gasteiger partial charge in [0.2, 0.25) is 0 Å². The Morgan fingerprint density at radius 2 is 0.679 bits per heavy atom. The molecule has 0 amide bonds. The Kier molecular flexibility index (Phi) is 13.0. The van der Waals surface area contributed by atoms with Crippen LogP contribution in [0.3, 0.4) is 0 Å². The molecule has 0 aliphatic carbocycles. The molecule has 0 bridgehead atoms. The molecule has 0 spiro atoms. The highest BCUT2D eigenvalue weighted by Crippen LogP contribution is 2.58. The smallest absolute Gasteiger partial charge is 0.0742 e. The summed E-state index contributed by atoms with van der Waals surface area (Å²) in [5.74, 6) is 0. The largest absolute Gasteiger partial charge is 0.310 e. The Bertz CT molecular complexity index is 3760. The molecular formula is C75H65N3. The van der Waals surface area contributed by atoms with E-state index in [0.717, 1.165) is 39.8 Å². The third kappa shape index (κ3) is 8.85. The van der Waals surface area contributed by atoms with Gasteiger partial charge in [-0.25, -0.2) is 0 Å². The first-order valence-corrected chi connectivity index (χ1v) is 27.3. The van der Waals surface area contributed by atoms with Gasteiger partial charge >= 0.3 is 0 Å². The maximum Gasteiger partial charge on any atom is 0.0742 e. The molecule has 11 aromatic rings. The molecule has 0 atom stereocenters. The Morgan fingerprint density at radius 3 is 1.14 bits per heavy atom.